The number of benzene rings is 1. The Labute approximate surface area is 126 Å². The second kappa shape index (κ2) is 5.84. The van der Waals surface area contributed by atoms with E-state index in [0.717, 1.165) is 36.6 Å². The molecule has 0 aliphatic heterocycles. The monoisotopic (exact) mass is 281 g/mol. The molecule has 3 nitrogen and oxygen atoms in total. The van der Waals surface area contributed by atoms with Gasteiger partial charge in [0, 0.05) is 23.4 Å². The SMILES string of the molecule is CCNc1nc(-c2cc(C)ccc2C)nc2c1CCCC2. The first-order chi connectivity index (χ1) is 10.2. The summed E-state index contributed by atoms with van der Waals surface area (Å²) in [5, 5.41) is 3.43. The normalized spacial score (nSPS) is 13.9. The van der Waals surface area contributed by atoms with Crippen molar-refractivity contribution in [1.29, 1.82) is 0 Å². The smallest absolute Gasteiger partial charge is 0.162 e. The Balaban J connectivity index is 2.14. The summed E-state index contributed by atoms with van der Waals surface area (Å²) in [5.74, 6) is 1.91. The molecule has 1 heterocycles. The molecular weight excluding hydrogens is 258 g/mol. The van der Waals surface area contributed by atoms with Gasteiger partial charge in [0.2, 0.25) is 0 Å². The third-order valence-corrected chi connectivity index (χ3v) is 4.16. The van der Waals surface area contributed by atoms with Crippen LogP contribution in [0.4, 0.5) is 5.82 Å². The molecule has 0 bridgehead atoms. The third-order valence-electron chi connectivity index (χ3n) is 4.16. The number of nitrogens with one attached hydrogen (secondary N) is 1. The maximum atomic E-state index is 4.88. The standard InChI is InChI=1S/C18H23N3/c1-4-19-17-14-7-5-6-8-16(14)20-18(21-17)15-11-12(2)9-10-13(15)3/h9-11H,4-8H2,1-3H3,(H,19,20,21). The first-order valence-electron chi connectivity index (χ1n) is 7.90. The van der Waals surface area contributed by atoms with Crippen LogP contribution in [0.2, 0.25) is 0 Å². The van der Waals surface area contributed by atoms with E-state index in [9.17, 15) is 0 Å². The van der Waals surface area contributed by atoms with Crippen LogP contribution in [-0.2, 0) is 12.8 Å². The van der Waals surface area contributed by atoms with Crippen LogP contribution in [0.25, 0.3) is 11.4 Å². The lowest BCUT2D eigenvalue weighted by atomic mass is 9.95. The summed E-state index contributed by atoms with van der Waals surface area (Å²) in [4.78, 5) is 9.70. The van der Waals surface area contributed by atoms with Crippen molar-refractivity contribution < 1.29 is 0 Å². The van der Waals surface area contributed by atoms with Crippen molar-refractivity contribution in [3.63, 3.8) is 0 Å². The summed E-state index contributed by atoms with van der Waals surface area (Å²) in [5.41, 5.74) is 6.21. The minimum Gasteiger partial charge on any atom is -0.370 e. The largest absolute Gasteiger partial charge is 0.370 e. The van der Waals surface area contributed by atoms with Gasteiger partial charge in [0.25, 0.3) is 0 Å². The van der Waals surface area contributed by atoms with E-state index in [1.807, 2.05) is 0 Å². The molecule has 1 aliphatic carbocycles. The number of nitrogens with zero attached hydrogens (tertiary/aromatic N) is 2. The lowest BCUT2D eigenvalue weighted by Gasteiger charge is -2.20. The molecule has 21 heavy (non-hydrogen) atoms. The molecule has 0 spiro atoms. The Kier molecular flexibility index (Phi) is 3.91. The van der Waals surface area contributed by atoms with E-state index in [2.05, 4.69) is 44.3 Å². The number of hydrogen-bond donors (Lipinski definition) is 1. The molecule has 0 atom stereocenters. The minimum atomic E-state index is 0.868. The van der Waals surface area contributed by atoms with Crippen LogP contribution in [0.1, 0.15) is 42.1 Å². The molecule has 0 saturated carbocycles. The summed E-state index contributed by atoms with van der Waals surface area (Å²) in [7, 11) is 0. The van der Waals surface area contributed by atoms with Crippen molar-refractivity contribution in [2.45, 2.75) is 46.5 Å². The van der Waals surface area contributed by atoms with Gasteiger partial charge in [-0.25, -0.2) is 9.97 Å². The molecular formula is C18H23N3. The first-order valence-corrected chi connectivity index (χ1v) is 7.90. The minimum absolute atomic E-state index is 0.868. The van der Waals surface area contributed by atoms with Crippen LogP contribution < -0.4 is 5.32 Å². The summed E-state index contributed by atoms with van der Waals surface area (Å²) >= 11 is 0. The number of aryl methyl sites for hydroxylation is 3. The van der Waals surface area contributed by atoms with Gasteiger partial charge in [0.15, 0.2) is 5.82 Å². The molecule has 1 N–H and O–H groups in total. The van der Waals surface area contributed by atoms with Gasteiger partial charge < -0.3 is 5.32 Å². The van der Waals surface area contributed by atoms with E-state index >= 15 is 0 Å². The van der Waals surface area contributed by atoms with E-state index in [1.165, 1.54) is 35.2 Å². The Morgan fingerprint density at radius 3 is 2.71 bits per heavy atom. The van der Waals surface area contributed by atoms with Gasteiger partial charge in [-0.1, -0.05) is 17.7 Å². The molecule has 110 valence electrons. The zero-order chi connectivity index (χ0) is 14.8. The molecule has 1 aromatic carbocycles. The number of aromatic nitrogens is 2. The lowest BCUT2D eigenvalue weighted by molar-refractivity contribution is 0.664. The maximum Gasteiger partial charge on any atom is 0.162 e. The predicted molar refractivity (Wildman–Crippen MR) is 87.7 cm³/mol. The van der Waals surface area contributed by atoms with Gasteiger partial charge in [-0.3, -0.25) is 0 Å². The predicted octanol–water partition coefficient (Wildman–Crippen LogP) is 4.07. The van der Waals surface area contributed by atoms with E-state index in [0.29, 0.717) is 0 Å². The molecule has 3 heteroatoms. The summed E-state index contributed by atoms with van der Waals surface area (Å²) < 4.78 is 0. The molecule has 2 aromatic rings. The fourth-order valence-corrected chi connectivity index (χ4v) is 3.00. The summed E-state index contributed by atoms with van der Waals surface area (Å²) in [6.45, 7) is 7.27. The number of hydrogen-bond acceptors (Lipinski definition) is 3. The quantitative estimate of drug-likeness (QED) is 0.921. The lowest BCUT2D eigenvalue weighted by Crippen LogP contribution is -2.13. The summed E-state index contributed by atoms with van der Waals surface area (Å²) in [6.07, 6.45) is 4.66. The fourth-order valence-electron chi connectivity index (χ4n) is 3.00. The van der Waals surface area contributed by atoms with Crippen LogP contribution in [0.3, 0.4) is 0 Å². The van der Waals surface area contributed by atoms with Crippen molar-refractivity contribution in [2.75, 3.05) is 11.9 Å². The van der Waals surface area contributed by atoms with E-state index in [-0.39, 0.29) is 0 Å². The van der Waals surface area contributed by atoms with Crippen molar-refractivity contribution in [2.24, 2.45) is 0 Å². The number of rotatable bonds is 3. The summed E-state index contributed by atoms with van der Waals surface area (Å²) in [6, 6.07) is 6.48. The first kappa shape index (κ1) is 14.1. The van der Waals surface area contributed by atoms with E-state index in [4.69, 9.17) is 9.97 Å². The van der Waals surface area contributed by atoms with Gasteiger partial charge in [-0.15, -0.1) is 0 Å². The van der Waals surface area contributed by atoms with Gasteiger partial charge in [0.05, 0.1) is 0 Å². The highest BCUT2D eigenvalue weighted by Gasteiger charge is 2.18. The average Bonchev–Trinajstić information content (AvgIpc) is 2.50. The van der Waals surface area contributed by atoms with Crippen LogP contribution in [0.5, 0.6) is 0 Å². The molecule has 1 aliphatic rings. The van der Waals surface area contributed by atoms with Crippen molar-refractivity contribution in [3.05, 3.63) is 40.6 Å². The van der Waals surface area contributed by atoms with Crippen LogP contribution in [0.15, 0.2) is 18.2 Å². The second-order valence-electron chi connectivity index (χ2n) is 5.88. The Bertz CT molecular complexity index is 662. The zero-order valence-electron chi connectivity index (χ0n) is 13.2. The topological polar surface area (TPSA) is 37.8 Å². The van der Waals surface area contributed by atoms with Crippen molar-refractivity contribution in [1.82, 2.24) is 9.97 Å². The molecule has 0 saturated heterocycles. The molecule has 0 unspecified atom stereocenters. The van der Waals surface area contributed by atoms with E-state index < -0.39 is 0 Å². The van der Waals surface area contributed by atoms with Gasteiger partial charge in [-0.05, 0) is 58.1 Å². The number of anilines is 1. The van der Waals surface area contributed by atoms with Gasteiger partial charge in [-0.2, -0.15) is 0 Å². The van der Waals surface area contributed by atoms with Crippen LogP contribution in [0, 0.1) is 13.8 Å². The van der Waals surface area contributed by atoms with Gasteiger partial charge in [0.1, 0.15) is 5.82 Å². The molecule has 0 radical (unpaired) electrons. The Morgan fingerprint density at radius 1 is 1.10 bits per heavy atom. The highest BCUT2D eigenvalue weighted by molar-refractivity contribution is 5.64. The van der Waals surface area contributed by atoms with Crippen molar-refractivity contribution >= 4 is 5.82 Å². The molecule has 0 fully saturated rings. The van der Waals surface area contributed by atoms with Crippen molar-refractivity contribution in [3.8, 4) is 11.4 Å². The maximum absolute atomic E-state index is 4.88. The number of fused-ring (bicyclic) bond motifs is 1. The van der Waals surface area contributed by atoms with Crippen LogP contribution >= 0.6 is 0 Å². The average molecular weight is 281 g/mol. The van der Waals surface area contributed by atoms with Gasteiger partial charge >= 0.3 is 0 Å². The highest BCUT2D eigenvalue weighted by atomic mass is 15.0. The molecule has 3 rings (SSSR count). The Hall–Kier alpha value is -1.90. The zero-order valence-corrected chi connectivity index (χ0v) is 13.2. The third kappa shape index (κ3) is 2.78. The highest BCUT2D eigenvalue weighted by Crippen LogP contribution is 2.29. The second-order valence-corrected chi connectivity index (χ2v) is 5.88. The molecule has 0 amide bonds. The molecule has 1 aromatic heterocycles. The Morgan fingerprint density at radius 2 is 1.90 bits per heavy atom. The fraction of sp³-hybridized carbons (Fsp3) is 0.444. The van der Waals surface area contributed by atoms with E-state index in [1.54, 1.807) is 0 Å². The van der Waals surface area contributed by atoms with Crippen LogP contribution in [-0.4, -0.2) is 16.5 Å².